The first-order valence-corrected chi connectivity index (χ1v) is 7.39. The van der Waals surface area contributed by atoms with E-state index >= 15 is 0 Å². The van der Waals surface area contributed by atoms with Crippen molar-refractivity contribution in [2.45, 2.75) is 50.4 Å². The molecule has 1 amide bonds. The zero-order valence-electron chi connectivity index (χ0n) is 11.9. The van der Waals surface area contributed by atoms with Crippen LogP contribution in [0.15, 0.2) is 24.3 Å². The van der Waals surface area contributed by atoms with Gasteiger partial charge in [-0.25, -0.2) is 0 Å². The molecule has 0 radical (unpaired) electrons. The highest BCUT2D eigenvalue weighted by Crippen LogP contribution is 2.26. The van der Waals surface area contributed by atoms with Crippen LogP contribution in [0.4, 0.5) is 0 Å². The Morgan fingerprint density at radius 2 is 1.90 bits per heavy atom. The van der Waals surface area contributed by atoms with Crippen LogP contribution in [-0.2, 0) is 11.3 Å². The first kappa shape index (κ1) is 13.6. The van der Waals surface area contributed by atoms with Crippen molar-refractivity contribution in [1.29, 1.82) is 0 Å². The monoisotopic (exact) mass is 274 g/mol. The van der Waals surface area contributed by atoms with Crippen LogP contribution in [0.25, 0.3) is 0 Å². The van der Waals surface area contributed by atoms with Gasteiger partial charge in [0.05, 0.1) is 6.61 Å². The highest BCUT2D eigenvalue weighted by Gasteiger charge is 2.33. The molecule has 2 fully saturated rings. The van der Waals surface area contributed by atoms with Crippen LogP contribution in [0.2, 0.25) is 0 Å². The van der Waals surface area contributed by atoms with Gasteiger partial charge in [0.1, 0.15) is 0 Å². The van der Waals surface area contributed by atoms with Crippen molar-refractivity contribution in [3.8, 4) is 0 Å². The Kier molecular flexibility index (Phi) is 4.03. The minimum atomic E-state index is 0.0419. The molecule has 0 spiro atoms. The molecule has 2 heterocycles. The van der Waals surface area contributed by atoms with Gasteiger partial charge in [0.15, 0.2) is 0 Å². The van der Waals surface area contributed by atoms with E-state index < -0.39 is 0 Å². The molecule has 2 bridgehead atoms. The number of rotatable bonds is 4. The molecule has 4 heteroatoms. The Morgan fingerprint density at radius 1 is 1.25 bits per heavy atom. The average molecular weight is 274 g/mol. The fourth-order valence-electron chi connectivity index (χ4n) is 3.36. The summed E-state index contributed by atoms with van der Waals surface area (Å²) in [5.41, 5.74) is 1.82. The van der Waals surface area contributed by atoms with Gasteiger partial charge < -0.3 is 15.4 Å². The van der Waals surface area contributed by atoms with E-state index in [4.69, 9.17) is 4.74 Å². The Hall–Kier alpha value is -1.39. The highest BCUT2D eigenvalue weighted by molar-refractivity contribution is 5.94. The smallest absolute Gasteiger partial charge is 0.251 e. The minimum absolute atomic E-state index is 0.0419. The Morgan fingerprint density at radius 3 is 2.50 bits per heavy atom. The van der Waals surface area contributed by atoms with Crippen LogP contribution in [0.5, 0.6) is 0 Å². The number of fused-ring (bicyclic) bond motifs is 2. The van der Waals surface area contributed by atoms with Gasteiger partial charge in [0.2, 0.25) is 0 Å². The van der Waals surface area contributed by atoms with Crippen LogP contribution in [0.1, 0.15) is 41.6 Å². The van der Waals surface area contributed by atoms with Crippen molar-refractivity contribution in [3.05, 3.63) is 35.4 Å². The van der Waals surface area contributed by atoms with Crippen molar-refractivity contribution in [3.63, 3.8) is 0 Å². The van der Waals surface area contributed by atoms with Gasteiger partial charge in [0, 0.05) is 30.8 Å². The molecule has 108 valence electrons. The number of hydrogen-bond acceptors (Lipinski definition) is 3. The number of piperidine rings is 1. The summed E-state index contributed by atoms with van der Waals surface area (Å²) in [6.45, 7) is 0.583. The number of nitrogens with one attached hydrogen (secondary N) is 2. The van der Waals surface area contributed by atoms with Crippen LogP contribution >= 0.6 is 0 Å². The van der Waals surface area contributed by atoms with Gasteiger partial charge in [-0.1, -0.05) is 12.1 Å². The second-order valence-corrected chi connectivity index (χ2v) is 5.91. The number of benzene rings is 1. The SMILES string of the molecule is COCc1ccc(C(=O)NC2CC3CCC(C2)N3)cc1. The second kappa shape index (κ2) is 5.94. The quantitative estimate of drug-likeness (QED) is 0.881. The van der Waals surface area contributed by atoms with E-state index in [1.165, 1.54) is 12.8 Å². The van der Waals surface area contributed by atoms with Gasteiger partial charge >= 0.3 is 0 Å². The summed E-state index contributed by atoms with van der Waals surface area (Å²) in [6, 6.07) is 9.17. The maximum Gasteiger partial charge on any atom is 0.251 e. The van der Waals surface area contributed by atoms with Crippen molar-refractivity contribution in [2.24, 2.45) is 0 Å². The van der Waals surface area contributed by atoms with Gasteiger partial charge in [-0.15, -0.1) is 0 Å². The third-order valence-electron chi connectivity index (χ3n) is 4.34. The predicted octanol–water partition coefficient (Wildman–Crippen LogP) is 1.85. The Bertz CT molecular complexity index is 460. The summed E-state index contributed by atoms with van der Waals surface area (Å²) in [4.78, 5) is 12.3. The van der Waals surface area contributed by atoms with Gasteiger partial charge in [-0.2, -0.15) is 0 Å². The molecule has 3 rings (SSSR count). The molecular weight excluding hydrogens is 252 g/mol. The van der Waals surface area contributed by atoms with E-state index in [0.717, 1.165) is 24.0 Å². The fourth-order valence-corrected chi connectivity index (χ4v) is 3.36. The molecule has 2 saturated heterocycles. The molecule has 2 N–H and O–H groups in total. The van der Waals surface area contributed by atoms with Crippen LogP contribution < -0.4 is 10.6 Å². The molecule has 1 aromatic rings. The molecule has 2 aliphatic heterocycles. The summed E-state index contributed by atoms with van der Waals surface area (Å²) in [6.07, 6.45) is 4.62. The zero-order valence-corrected chi connectivity index (χ0v) is 11.9. The first-order valence-electron chi connectivity index (χ1n) is 7.39. The molecule has 20 heavy (non-hydrogen) atoms. The van der Waals surface area contributed by atoms with Crippen molar-refractivity contribution in [1.82, 2.24) is 10.6 Å². The normalized spacial score (nSPS) is 28.4. The molecule has 2 atom stereocenters. The summed E-state index contributed by atoms with van der Waals surface area (Å²) in [5, 5.41) is 6.77. The summed E-state index contributed by atoms with van der Waals surface area (Å²) < 4.78 is 5.07. The first-order chi connectivity index (χ1) is 9.74. The largest absolute Gasteiger partial charge is 0.380 e. The number of hydrogen-bond donors (Lipinski definition) is 2. The summed E-state index contributed by atoms with van der Waals surface area (Å²) in [7, 11) is 1.67. The van der Waals surface area contributed by atoms with Crippen LogP contribution in [-0.4, -0.2) is 31.1 Å². The third kappa shape index (κ3) is 3.02. The van der Waals surface area contributed by atoms with Crippen LogP contribution in [0, 0.1) is 0 Å². The van der Waals surface area contributed by atoms with E-state index in [1.807, 2.05) is 24.3 Å². The number of ether oxygens (including phenoxy) is 1. The maximum atomic E-state index is 12.3. The molecule has 0 aliphatic carbocycles. The number of methoxy groups -OCH3 is 1. The molecule has 2 aliphatic rings. The summed E-state index contributed by atoms with van der Waals surface area (Å²) >= 11 is 0. The number of carbonyl (C=O) groups is 1. The van der Waals surface area contributed by atoms with E-state index in [0.29, 0.717) is 24.7 Å². The molecular formula is C16H22N2O2. The zero-order chi connectivity index (χ0) is 13.9. The van der Waals surface area contributed by atoms with Crippen LogP contribution in [0.3, 0.4) is 0 Å². The molecule has 1 aromatic carbocycles. The van der Waals surface area contributed by atoms with E-state index in [9.17, 15) is 4.79 Å². The predicted molar refractivity (Wildman–Crippen MR) is 77.6 cm³/mol. The van der Waals surface area contributed by atoms with Crippen molar-refractivity contribution >= 4 is 5.91 Å². The lowest BCUT2D eigenvalue weighted by Gasteiger charge is -2.29. The van der Waals surface area contributed by atoms with Crippen molar-refractivity contribution in [2.75, 3.05) is 7.11 Å². The lowest BCUT2D eigenvalue weighted by atomic mass is 9.99. The third-order valence-corrected chi connectivity index (χ3v) is 4.34. The van der Waals surface area contributed by atoms with Crippen molar-refractivity contribution < 1.29 is 9.53 Å². The molecule has 2 unspecified atom stereocenters. The van der Waals surface area contributed by atoms with Gasteiger partial charge in [-0.3, -0.25) is 4.79 Å². The van der Waals surface area contributed by atoms with E-state index in [2.05, 4.69) is 10.6 Å². The molecule has 0 aromatic heterocycles. The minimum Gasteiger partial charge on any atom is -0.380 e. The maximum absolute atomic E-state index is 12.3. The molecule has 0 saturated carbocycles. The molecule has 4 nitrogen and oxygen atoms in total. The highest BCUT2D eigenvalue weighted by atomic mass is 16.5. The summed E-state index contributed by atoms with van der Waals surface area (Å²) in [5.74, 6) is 0.0419. The lowest BCUT2D eigenvalue weighted by Crippen LogP contribution is -2.48. The second-order valence-electron chi connectivity index (χ2n) is 5.91. The Balaban J connectivity index is 1.58. The standard InChI is InChI=1S/C16H22N2O2/c1-20-10-11-2-4-12(5-3-11)16(19)18-15-8-13-6-7-14(9-15)17-13/h2-5,13-15,17H,6-10H2,1H3,(H,18,19). The Labute approximate surface area is 119 Å². The fraction of sp³-hybridized carbons (Fsp3) is 0.562. The lowest BCUT2D eigenvalue weighted by molar-refractivity contribution is 0.0924. The average Bonchev–Trinajstić information content (AvgIpc) is 2.79. The van der Waals surface area contributed by atoms with Gasteiger partial charge in [0.25, 0.3) is 5.91 Å². The number of carbonyl (C=O) groups excluding carboxylic acids is 1. The topological polar surface area (TPSA) is 50.4 Å². The number of amides is 1. The van der Waals surface area contributed by atoms with Gasteiger partial charge in [-0.05, 0) is 43.4 Å². The van der Waals surface area contributed by atoms with E-state index in [1.54, 1.807) is 7.11 Å². The van der Waals surface area contributed by atoms with E-state index in [-0.39, 0.29) is 5.91 Å².